The third kappa shape index (κ3) is 3.80. The minimum atomic E-state index is -0.407. The average molecular weight is 348 g/mol. The summed E-state index contributed by atoms with van der Waals surface area (Å²) in [6.45, 7) is 4.13. The SMILES string of the molecule is COC(=O)c1ccccc1Nc1cc(Nc2cccc(C)c2C)ncn1. The number of aryl methyl sites for hydroxylation is 1. The van der Waals surface area contributed by atoms with E-state index in [2.05, 4.69) is 40.5 Å². The lowest BCUT2D eigenvalue weighted by atomic mass is 10.1. The number of esters is 1. The summed E-state index contributed by atoms with van der Waals surface area (Å²) in [7, 11) is 1.36. The summed E-state index contributed by atoms with van der Waals surface area (Å²) < 4.78 is 4.82. The standard InChI is InChI=1S/C20H20N4O2/c1-13-7-6-10-16(14(13)2)23-18-11-19(22-12-21-18)24-17-9-5-4-8-15(17)20(25)26-3/h4-12H,1-3H3,(H2,21,22,23,24). The highest BCUT2D eigenvalue weighted by Gasteiger charge is 2.12. The molecule has 1 aromatic heterocycles. The number of benzene rings is 2. The van der Waals surface area contributed by atoms with Crippen molar-refractivity contribution in [2.24, 2.45) is 0 Å². The van der Waals surface area contributed by atoms with Gasteiger partial charge in [-0.1, -0.05) is 24.3 Å². The molecule has 0 bridgehead atoms. The second kappa shape index (κ2) is 7.65. The van der Waals surface area contributed by atoms with Crippen LogP contribution in [0.2, 0.25) is 0 Å². The summed E-state index contributed by atoms with van der Waals surface area (Å²) >= 11 is 0. The van der Waals surface area contributed by atoms with Crippen LogP contribution in [0.4, 0.5) is 23.0 Å². The van der Waals surface area contributed by atoms with Gasteiger partial charge in [-0.2, -0.15) is 0 Å². The molecule has 0 aliphatic heterocycles. The van der Waals surface area contributed by atoms with Gasteiger partial charge in [-0.05, 0) is 43.2 Å². The predicted molar refractivity (Wildman–Crippen MR) is 102 cm³/mol. The summed E-state index contributed by atoms with van der Waals surface area (Å²) in [5.74, 6) is 0.826. The molecule has 0 fully saturated rings. The van der Waals surface area contributed by atoms with E-state index >= 15 is 0 Å². The first kappa shape index (κ1) is 17.4. The van der Waals surface area contributed by atoms with E-state index in [1.165, 1.54) is 19.0 Å². The molecule has 0 unspecified atom stereocenters. The number of carbonyl (C=O) groups is 1. The number of ether oxygens (including phenoxy) is 1. The molecule has 0 saturated heterocycles. The van der Waals surface area contributed by atoms with Gasteiger partial charge in [0.15, 0.2) is 0 Å². The van der Waals surface area contributed by atoms with Crippen molar-refractivity contribution in [1.29, 1.82) is 0 Å². The molecular formula is C20H20N4O2. The zero-order chi connectivity index (χ0) is 18.5. The third-order valence-corrected chi connectivity index (χ3v) is 4.13. The molecule has 3 aromatic rings. The van der Waals surface area contributed by atoms with Crippen LogP contribution in [0.1, 0.15) is 21.5 Å². The summed E-state index contributed by atoms with van der Waals surface area (Å²) in [5.41, 5.74) is 4.42. The topological polar surface area (TPSA) is 76.1 Å². The molecule has 6 nitrogen and oxygen atoms in total. The number of aromatic nitrogens is 2. The Hall–Kier alpha value is -3.41. The lowest BCUT2D eigenvalue weighted by molar-refractivity contribution is 0.0602. The lowest BCUT2D eigenvalue weighted by Crippen LogP contribution is -2.06. The van der Waals surface area contributed by atoms with Gasteiger partial charge in [0.05, 0.1) is 18.4 Å². The van der Waals surface area contributed by atoms with Crippen LogP contribution in [0.15, 0.2) is 54.9 Å². The van der Waals surface area contributed by atoms with E-state index in [1.807, 2.05) is 18.2 Å². The van der Waals surface area contributed by atoms with Crippen molar-refractivity contribution >= 4 is 29.0 Å². The van der Waals surface area contributed by atoms with Crippen LogP contribution in [0.25, 0.3) is 0 Å². The predicted octanol–water partition coefficient (Wildman–Crippen LogP) is 4.37. The van der Waals surface area contributed by atoms with Crippen LogP contribution in [-0.2, 0) is 4.74 Å². The van der Waals surface area contributed by atoms with Gasteiger partial charge in [0, 0.05) is 11.8 Å². The molecule has 2 N–H and O–H groups in total. The summed E-state index contributed by atoms with van der Waals surface area (Å²) in [5, 5.41) is 6.45. The highest BCUT2D eigenvalue weighted by Crippen LogP contribution is 2.24. The number of anilines is 4. The maximum atomic E-state index is 11.9. The first-order valence-corrected chi connectivity index (χ1v) is 8.18. The van der Waals surface area contributed by atoms with Gasteiger partial charge in [-0.3, -0.25) is 0 Å². The molecule has 1 heterocycles. The van der Waals surface area contributed by atoms with Gasteiger partial charge in [-0.25, -0.2) is 14.8 Å². The Balaban J connectivity index is 1.85. The van der Waals surface area contributed by atoms with Crippen LogP contribution >= 0.6 is 0 Å². The number of methoxy groups -OCH3 is 1. The van der Waals surface area contributed by atoms with Crippen molar-refractivity contribution in [3.63, 3.8) is 0 Å². The molecule has 0 atom stereocenters. The van der Waals surface area contributed by atoms with Gasteiger partial charge < -0.3 is 15.4 Å². The van der Waals surface area contributed by atoms with E-state index in [0.29, 0.717) is 22.9 Å². The minimum Gasteiger partial charge on any atom is -0.465 e. The van der Waals surface area contributed by atoms with Crippen molar-refractivity contribution < 1.29 is 9.53 Å². The van der Waals surface area contributed by atoms with E-state index < -0.39 is 5.97 Å². The van der Waals surface area contributed by atoms with Crippen LogP contribution < -0.4 is 10.6 Å². The minimum absolute atomic E-state index is 0.407. The van der Waals surface area contributed by atoms with Crippen molar-refractivity contribution in [2.75, 3.05) is 17.7 Å². The van der Waals surface area contributed by atoms with Crippen molar-refractivity contribution in [3.8, 4) is 0 Å². The van der Waals surface area contributed by atoms with Crippen molar-refractivity contribution in [2.45, 2.75) is 13.8 Å². The molecule has 0 radical (unpaired) electrons. The largest absolute Gasteiger partial charge is 0.465 e. The quantitative estimate of drug-likeness (QED) is 0.667. The second-order valence-corrected chi connectivity index (χ2v) is 5.82. The smallest absolute Gasteiger partial charge is 0.339 e. The Morgan fingerprint density at radius 1 is 0.923 bits per heavy atom. The van der Waals surface area contributed by atoms with E-state index in [1.54, 1.807) is 24.3 Å². The van der Waals surface area contributed by atoms with Gasteiger partial charge in [0.25, 0.3) is 0 Å². The molecule has 0 spiro atoms. The van der Waals surface area contributed by atoms with E-state index in [4.69, 9.17) is 4.74 Å². The zero-order valence-corrected chi connectivity index (χ0v) is 14.9. The highest BCUT2D eigenvalue weighted by atomic mass is 16.5. The van der Waals surface area contributed by atoms with E-state index in [0.717, 1.165) is 11.3 Å². The molecule has 0 aliphatic carbocycles. The maximum Gasteiger partial charge on any atom is 0.339 e. The first-order valence-electron chi connectivity index (χ1n) is 8.18. The molecule has 0 amide bonds. The van der Waals surface area contributed by atoms with E-state index in [9.17, 15) is 4.79 Å². The highest BCUT2D eigenvalue weighted by molar-refractivity contribution is 5.96. The molecular weight excluding hydrogens is 328 g/mol. The summed E-state index contributed by atoms with van der Waals surface area (Å²) in [6.07, 6.45) is 1.47. The zero-order valence-electron chi connectivity index (χ0n) is 14.9. The molecule has 132 valence electrons. The average Bonchev–Trinajstić information content (AvgIpc) is 2.66. The number of nitrogens with zero attached hydrogens (tertiary/aromatic N) is 2. The monoisotopic (exact) mass is 348 g/mol. The Labute approximate surface area is 152 Å². The van der Waals surface area contributed by atoms with Gasteiger partial charge in [0.1, 0.15) is 18.0 Å². The fraction of sp³-hybridized carbons (Fsp3) is 0.150. The molecule has 2 aromatic carbocycles. The molecule has 6 heteroatoms. The summed E-state index contributed by atoms with van der Waals surface area (Å²) in [4.78, 5) is 20.4. The lowest BCUT2D eigenvalue weighted by Gasteiger charge is -2.13. The number of hydrogen-bond acceptors (Lipinski definition) is 6. The Bertz CT molecular complexity index is 941. The number of hydrogen-bond donors (Lipinski definition) is 2. The molecule has 26 heavy (non-hydrogen) atoms. The van der Waals surface area contributed by atoms with Crippen LogP contribution in [0.5, 0.6) is 0 Å². The van der Waals surface area contributed by atoms with Crippen LogP contribution in [-0.4, -0.2) is 23.0 Å². The fourth-order valence-electron chi connectivity index (χ4n) is 2.54. The van der Waals surface area contributed by atoms with Crippen molar-refractivity contribution in [1.82, 2.24) is 9.97 Å². The molecule has 0 aliphatic rings. The third-order valence-electron chi connectivity index (χ3n) is 4.13. The number of para-hydroxylation sites is 1. The number of rotatable bonds is 5. The van der Waals surface area contributed by atoms with Crippen LogP contribution in [0.3, 0.4) is 0 Å². The van der Waals surface area contributed by atoms with E-state index in [-0.39, 0.29) is 0 Å². The normalized spacial score (nSPS) is 10.3. The Morgan fingerprint density at radius 3 is 2.31 bits per heavy atom. The van der Waals surface area contributed by atoms with Gasteiger partial charge in [-0.15, -0.1) is 0 Å². The number of nitrogens with one attached hydrogen (secondary N) is 2. The molecule has 3 rings (SSSR count). The first-order chi connectivity index (χ1) is 12.6. The Kier molecular flexibility index (Phi) is 5.12. The van der Waals surface area contributed by atoms with Gasteiger partial charge in [0.2, 0.25) is 0 Å². The molecule has 0 saturated carbocycles. The van der Waals surface area contributed by atoms with Crippen molar-refractivity contribution in [3.05, 3.63) is 71.5 Å². The maximum absolute atomic E-state index is 11.9. The van der Waals surface area contributed by atoms with Gasteiger partial charge >= 0.3 is 5.97 Å². The van der Waals surface area contributed by atoms with Crippen LogP contribution in [0, 0.1) is 13.8 Å². The fourth-order valence-corrected chi connectivity index (χ4v) is 2.54. The summed E-state index contributed by atoms with van der Waals surface area (Å²) in [6, 6.07) is 15.0. The Morgan fingerprint density at radius 2 is 1.58 bits per heavy atom. The second-order valence-electron chi connectivity index (χ2n) is 5.82. The number of carbonyl (C=O) groups excluding carboxylic acids is 1.